The summed E-state index contributed by atoms with van der Waals surface area (Å²) in [5.41, 5.74) is 2.67. The molecule has 2 aromatic carbocycles. The number of nitrogens with one attached hydrogen (secondary N) is 1. The average molecular weight is 299 g/mol. The topological polar surface area (TPSA) is 38.3 Å². The number of carbonyl (C=O) groups is 1. The van der Waals surface area contributed by atoms with E-state index < -0.39 is 0 Å². The van der Waals surface area contributed by atoms with Crippen LogP contribution in [0.3, 0.4) is 0 Å². The van der Waals surface area contributed by atoms with Crippen LogP contribution < -0.4 is 10.1 Å². The molecule has 0 fully saturated rings. The Balaban J connectivity index is 1.95. The van der Waals surface area contributed by atoms with E-state index >= 15 is 0 Å². The van der Waals surface area contributed by atoms with Gasteiger partial charge in [0.2, 0.25) is 5.91 Å². The first-order chi connectivity index (χ1) is 10.6. The maximum atomic E-state index is 12.8. The molecule has 0 spiro atoms. The van der Waals surface area contributed by atoms with Crippen LogP contribution in [0.4, 0.5) is 4.39 Å². The predicted octanol–water partition coefficient (Wildman–Crippen LogP) is 3.55. The summed E-state index contributed by atoms with van der Waals surface area (Å²) >= 11 is 0. The zero-order valence-corrected chi connectivity index (χ0v) is 12.6. The lowest BCUT2D eigenvalue weighted by molar-refractivity contribution is -0.116. The molecule has 0 radical (unpaired) electrons. The number of benzene rings is 2. The Kier molecular flexibility index (Phi) is 5.31. The molecule has 0 bridgehead atoms. The number of methoxy groups -OCH3 is 1. The summed E-state index contributed by atoms with van der Waals surface area (Å²) in [6.45, 7) is 2.24. The molecule has 3 nitrogen and oxygen atoms in total. The fourth-order valence-electron chi connectivity index (χ4n) is 1.98. The van der Waals surface area contributed by atoms with Gasteiger partial charge in [0, 0.05) is 12.6 Å². The first kappa shape index (κ1) is 15.8. The molecular weight excluding hydrogens is 281 g/mol. The minimum Gasteiger partial charge on any atom is -0.497 e. The van der Waals surface area contributed by atoms with E-state index in [1.807, 2.05) is 31.2 Å². The van der Waals surface area contributed by atoms with Crippen LogP contribution in [-0.4, -0.2) is 13.0 Å². The maximum Gasteiger partial charge on any atom is 0.244 e. The van der Waals surface area contributed by atoms with E-state index in [-0.39, 0.29) is 11.7 Å². The molecule has 0 saturated heterocycles. The molecular formula is C18H18FNO2. The van der Waals surface area contributed by atoms with Gasteiger partial charge in [-0.05, 0) is 47.9 Å². The fourth-order valence-corrected chi connectivity index (χ4v) is 1.98. The van der Waals surface area contributed by atoms with Crippen LogP contribution in [-0.2, 0) is 11.3 Å². The molecule has 4 heteroatoms. The third-order valence-electron chi connectivity index (χ3n) is 3.27. The number of allylic oxidation sites excluding steroid dienone is 1. The molecule has 2 aromatic rings. The molecule has 22 heavy (non-hydrogen) atoms. The van der Waals surface area contributed by atoms with E-state index in [9.17, 15) is 9.18 Å². The number of hydrogen-bond donors (Lipinski definition) is 1. The van der Waals surface area contributed by atoms with Gasteiger partial charge in [-0.1, -0.05) is 24.3 Å². The summed E-state index contributed by atoms with van der Waals surface area (Å²) in [7, 11) is 1.61. The van der Waals surface area contributed by atoms with Crippen molar-refractivity contribution in [2.45, 2.75) is 13.5 Å². The molecule has 0 heterocycles. The van der Waals surface area contributed by atoms with Gasteiger partial charge in [0.25, 0.3) is 0 Å². The first-order valence-electron chi connectivity index (χ1n) is 6.93. The number of carbonyl (C=O) groups excluding carboxylic acids is 1. The van der Waals surface area contributed by atoms with Crippen LogP contribution >= 0.6 is 0 Å². The monoisotopic (exact) mass is 299 g/mol. The van der Waals surface area contributed by atoms with E-state index in [1.54, 1.807) is 25.3 Å². The van der Waals surface area contributed by atoms with Crippen molar-refractivity contribution < 1.29 is 13.9 Å². The Morgan fingerprint density at radius 2 is 1.77 bits per heavy atom. The van der Waals surface area contributed by atoms with Crippen LogP contribution in [0.25, 0.3) is 5.57 Å². The fraction of sp³-hybridized carbons (Fsp3) is 0.167. The lowest BCUT2D eigenvalue weighted by Gasteiger charge is -2.05. The highest BCUT2D eigenvalue weighted by Crippen LogP contribution is 2.17. The molecule has 0 aromatic heterocycles. The van der Waals surface area contributed by atoms with Gasteiger partial charge in [-0.3, -0.25) is 4.79 Å². The third-order valence-corrected chi connectivity index (χ3v) is 3.27. The smallest absolute Gasteiger partial charge is 0.244 e. The third kappa shape index (κ3) is 4.45. The lowest BCUT2D eigenvalue weighted by Crippen LogP contribution is -2.20. The molecule has 0 saturated carbocycles. The standard InChI is InChI=1S/C18H18FNO2/c1-13(15-5-9-17(22-2)10-6-15)11-18(21)20-12-14-3-7-16(19)8-4-14/h3-11H,12H2,1-2H3,(H,20,21)/b13-11+. The van der Waals surface area contributed by atoms with Crippen molar-refractivity contribution in [3.63, 3.8) is 0 Å². The van der Waals surface area contributed by atoms with Crippen molar-refractivity contribution in [1.29, 1.82) is 0 Å². The molecule has 0 unspecified atom stereocenters. The molecule has 1 N–H and O–H groups in total. The van der Waals surface area contributed by atoms with E-state index in [1.165, 1.54) is 12.1 Å². The highest BCUT2D eigenvalue weighted by Gasteiger charge is 2.02. The number of hydrogen-bond acceptors (Lipinski definition) is 2. The van der Waals surface area contributed by atoms with Crippen molar-refractivity contribution in [3.8, 4) is 5.75 Å². The summed E-state index contributed by atoms with van der Waals surface area (Å²) in [6, 6.07) is 13.5. The summed E-state index contributed by atoms with van der Waals surface area (Å²) in [5, 5.41) is 2.78. The quantitative estimate of drug-likeness (QED) is 0.857. The van der Waals surface area contributed by atoms with Gasteiger partial charge in [0.15, 0.2) is 0 Å². The van der Waals surface area contributed by atoms with Crippen molar-refractivity contribution in [2.75, 3.05) is 7.11 Å². The molecule has 1 amide bonds. The molecule has 0 atom stereocenters. The van der Waals surface area contributed by atoms with E-state index in [2.05, 4.69) is 5.32 Å². The van der Waals surface area contributed by atoms with Gasteiger partial charge < -0.3 is 10.1 Å². The summed E-state index contributed by atoms with van der Waals surface area (Å²) in [6.07, 6.45) is 1.55. The van der Waals surface area contributed by atoms with Crippen LogP contribution in [0.15, 0.2) is 54.6 Å². The summed E-state index contributed by atoms with van der Waals surface area (Å²) in [4.78, 5) is 11.9. The Morgan fingerprint density at radius 1 is 1.14 bits per heavy atom. The predicted molar refractivity (Wildman–Crippen MR) is 84.9 cm³/mol. The second-order valence-corrected chi connectivity index (χ2v) is 4.90. The van der Waals surface area contributed by atoms with Crippen molar-refractivity contribution in [3.05, 3.63) is 71.6 Å². The number of amides is 1. The highest BCUT2D eigenvalue weighted by atomic mass is 19.1. The van der Waals surface area contributed by atoms with Crippen molar-refractivity contribution >= 4 is 11.5 Å². The zero-order chi connectivity index (χ0) is 15.9. The summed E-state index contributed by atoms with van der Waals surface area (Å²) < 4.78 is 17.9. The average Bonchev–Trinajstić information content (AvgIpc) is 2.54. The van der Waals surface area contributed by atoms with E-state index in [0.717, 1.165) is 22.4 Å². The number of halogens is 1. The molecule has 0 aliphatic rings. The van der Waals surface area contributed by atoms with Gasteiger partial charge in [0.1, 0.15) is 11.6 Å². The second kappa shape index (κ2) is 7.41. The molecule has 0 aliphatic carbocycles. The van der Waals surface area contributed by atoms with E-state index in [0.29, 0.717) is 6.54 Å². The van der Waals surface area contributed by atoms with Gasteiger partial charge >= 0.3 is 0 Å². The van der Waals surface area contributed by atoms with Crippen LogP contribution in [0, 0.1) is 5.82 Å². The Bertz CT molecular complexity index is 660. The number of ether oxygens (including phenoxy) is 1. The number of rotatable bonds is 5. The van der Waals surface area contributed by atoms with Crippen molar-refractivity contribution in [2.24, 2.45) is 0 Å². The first-order valence-corrected chi connectivity index (χ1v) is 6.93. The van der Waals surface area contributed by atoms with Crippen LogP contribution in [0.2, 0.25) is 0 Å². The van der Waals surface area contributed by atoms with Gasteiger partial charge in [-0.15, -0.1) is 0 Å². The summed E-state index contributed by atoms with van der Waals surface area (Å²) in [5.74, 6) is 0.306. The van der Waals surface area contributed by atoms with Crippen molar-refractivity contribution in [1.82, 2.24) is 5.32 Å². The van der Waals surface area contributed by atoms with Gasteiger partial charge in [-0.2, -0.15) is 0 Å². The van der Waals surface area contributed by atoms with E-state index in [4.69, 9.17) is 4.74 Å². The minimum absolute atomic E-state index is 0.183. The van der Waals surface area contributed by atoms with Gasteiger partial charge in [0.05, 0.1) is 7.11 Å². The largest absolute Gasteiger partial charge is 0.497 e. The molecule has 2 rings (SSSR count). The van der Waals surface area contributed by atoms with Crippen LogP contribution in [0.5, 0.6) is 5.75 Å². The Hall–Kier alpha value is -2.62. The lowest BCUT2D eigenvalue weighted by atomic mass is 10.1. The maximum absolute atomic E-state index is 12.8. The van der Waals surface area contributed by atoms with Gasteiger partial charge in [-0.25, -0.2) is 4.39 Å². The molecule has 114 valence electrons. The normalized spacial score (nSPS) is 11.1. The minimum atomic E-state index is -0.287. The Morgan fingerprint density at radius 3 is 2.36 bits per heavy atom. The van der Waals surface area contributed by atoms with Crippen LogP contribution in [0.1, 0.15) is 18.1 Å². The Labute approximate surface area is 129 Å². The molecule has 0 aliphatic heterocycles. The second-order valence-electron chi connectivity index (χ2n) is 4.90. The SMILES string of the molecule is COc1ccc(/C(C)=C/C(=O)NCc2ccc(F)cc2)cc1. The zero-order valence-electron chi connectivity index (χ0n) is 12.6. The highest BCUT2D eigenvalue weighted by molar-refractivity contribution is 5.94.